The molecule has 0 aliphatic rings. The molecule has 0 spiro atoms. The van der Waals surface area contributed by atoms with E-state index in [9.17, 15) is 9.59 Å². The highest BCUT2D eigenvalue weighted by atomic mass is 79.9. The van der Waals surface area contributed by atoms with Gasteiger partial charge in [-0.2, -0.15) is 0 Å². The van der Waals surface area contributed by atoms with Crippen LogP contribution in [0.15, 0.2) is 46.9 Å². The van der Waals surface area contributed by atoms with E-state index in [0.29, 0.717) is 46.8 Å². The third-order valence-electron chi connectivity index (χ3n) is 3.70. The second-order valence-electron chi connectivity index (χ2n) is 5.82. The summed E-state index contributed by atoms with van der Waals surface area (Å²) in [4.78, 5) is 24.5. The molecule has 0 saturated carbocycles. The van der Waals surface area contributed by atoms with Crippen molar-refractivity contribution >= 4 is 50.8 Å². The lowest BCUT2D eigenvalue weighted by molar-refractivity contribution is 0.0935. The number of hydrogen-bond donors (Lipinski definition) is 3. The maximum absolute atomic E-state index is 12.4. The van der Waals surface area contributed by atoms with Gasteiger partial charge in [0.05, 0.1) is 17.7 Å². The van der Waals surface area contributed by atoms with Gasteiger partial charge in [-0.1, -0.05) is 6.07 Å². The largest absolute Gasteiger partial charge is 0.493 e. The van der Waals surface area contributed by atoms with Crippen molar-refractivity contribution in [2.45, 2.75) is 6.92 Å². The Hall–Kier alpha value is -2.49. The number of rotatable bonds is 8. The molecule has 0 fully saturated rings. The lowest BCUT2D eigenvalue weighted by Crippen LogP contribution is -2.34. The Morgan fingerprint density at radius 3 is 2.55 bits per heavy atom. The number of amides is 2. The number of carbonyl (C=O) groups is 2. The number of anilines is 1. The van der Waals surface area contributed by atoms with Crippen molar-refractivity contribution in [2.75, 3.05) is 32.2 Å². The van der Waals surface area contributed by atoms with Crippen molar-refractivity contribution in [2.24, 2.45) is 0 Å². The summed E-state index contributed by atoms with van der Waals surface area (Å²) in [6.45, 7) is 3.26. The quantitative estimate of drug-likeness (QED) is 0.397. The van der Waals surface area contributed by atoms with E-state index < -0.39 is 0 Å². The summed E-state index contributed by atoms with van der Waals surface area (Å²) in [7, 11) is 1.57. The van der Waals surface area contributed by atoms with E-state index >= 15 is 0 Å². The van der Waals surface area contributed by atoms with Gasteiger partial charge in [0.15, 0.2) is 5.11 Å². The number of benzene rings is 2. The van der Waals surface area contributed by atoms with Crippen LogP contribution in [-0.2, 0) is 4.74 Å². The van der Waals surface area contributed by atoms with Crippen molar-refractivity contribution < 1.29 is 19.1 Å². The van der Waals surface area contributed by atoms with Gasteiger partial charge in [0.1, 0.15) is 5.75 Å². The Labute approximate surface area is 183 Å². The van der Waals surface area contributed by atoms with Gasteiger partial charge >= 0.3 is 0 Å². The van der Waals surface area contributed by atoms with E-state index in [1.165, 1.54) is 0 Å². The Balaban J connectivity index is 1.96. The maximum atomic E-state index is 12.4. The van der Waals surface area contributed by atoms with E-state index in [-0.39, 0.29) is 16.9 Å². The van der Waals surface area contributed by atoms with Crippen LogP contribution in [0.4, 0.5) is 5.69 Å². The summed E-state index contributed by atoms with van der Waals surface area (Å²) in [6.07, 6.45) is 0. The van der Waals surface area contributed by atoms with E-state index in [1.54, 1.807) is 49.6 Å². The Morgan fingerprint density at radius 1 is 1.10 bits per heavy atom. The standard InChI is InChI=1S/C20H22BrN3O4S/c1-3-28-17-8-7-14(12-16(17)21)19(26)24-20(29)23-15-6-4-5-13(11-15)18(25)22-9-10-27-2/h4-8,11-12H,3,9-10H2,1-2H3,(H,22,25)(H2,23,24,26,29). The molecule has 154 valence electrons. The molecule has 3 N–H and O–H groups in total. The van der Waals surface area contributed by atoms with Gasteiger partial charge in [-0.15, -0.1) is 0 Å². The van der Waals surface area contributed by atoms with E-state index in [0.717, 1.165) is 0 Å². The van der Waals surface area contributed by atoms with Gasteiger partial charge in [-0.3, -0.25) is 14.9 Å². The molecule has 7 nitrogen and oxygen atoms in total. The van der Waals surface area contributed by atoms with Crippen molar-refractivity contribution in [1.29, 1.82) is 0 Å². The highest BCUT2D eigenvalue weighted by molar-refractivity contribution is 9.10. The maximum Gasteiger partial charge on any atom is 0.257 e. The summed E-state index contributed by atoms with van der Waals surface area (Å²) >= 11 is 8.59. The molecule has 2 aromatic carbocycles. The Bertz CT molecular complexity index is 892. The van der Waals surface area contributed by atoms with Crippen LogP contribution >= 0.6 is 28.1 Å². The molecule has 0 unspecified atom stereocenters. The van der Waals surface area contributed by atoms with Gasteiger partial charge in [0, 0.05) is 30.5 Å². The summed E-state index contributed by atoms with van der Waals surface area (Å²) in [5, 5.41) is 8.39. The molecule has 0 saturated heterocycles. The number of hydrogen-bond acceptors (Lipinski definition) is 5. The molecule has 2 amide bonds. The summed E-state index contributed by atoms with van der Waals surface area (Å²) in [5.41, 5.74) is 1.48. The Morgan fingerprint density at radius 2 is 1.86 bits per heavy atom. The second-order valence-corrected chi connectivity index (χ2v) is 7.08. The van der Waals surface area contributed by atoms with Gasteiger partial charge in [0.25, 0.3) is 11.8 Å². The monoisotopic (exact) mass is 479 g/mol. The molecular formula is C20H22BrN3O4S. The first-order valence-corrected chi connectivity index (χ1v) is 10.1. The van der Waals surface area contributed by atoms with Crippen LogP contribution in [0.2, 0.25) is 0 Å². The SMILES string of the molecule is CCOc1ccc(C(=O)NC(=S)Nc2cccc(C(=O)NCCOC)c2)cc1Br. The smallest absolute Gasteiger partial charge is 0.257 e. The third-order valence-corrected chi connectivity index (χ3v) is 4.52. The predicted molar refractivity (Wildman–Crippen MR) is 120 cm³/mol. The second kappa shape index (κ2) is 11.5. The summed E-state index contributed by atoms with van der Waals surface area (Å²) in [6, 6.07) is 11.8. The molecule has 0 bridgehead atoms. The van der Waals surface area contributed by atoms with Gasteiger partial charge in [0.2, 0.25) is 0 Å². The number of nitrogens with one attached hydrogen (secondary N) is 3. The number of methoxy groups -OCH3 is 1. The Kier molecular flexibility index (Phi) is 9.04. The highest BCUT2D eigenvalue weighted by Crippen LogP contribution is 2.26. The first-order chi connectivity index (χ1) is 13.9. The zero-order valence-electron chi connectivity index (χ0n) is 16.1. The van der Waals surface area contributed by atoms with Crippen molar-refractivity contribution in [3.8, 4) is 5.75 Å². The van der Waals surface area contributed by atoms with Crippen LogP contribution in [0.3, 0.4) is 0 Å². The molecule has 0 aliphatic heterocycles. The average Bonchev–Trinajstić information content (AvgIpc) is 2.69. The molecule has 2 rings (SSSR count). The van der Waals surface area contributed by atoms with Gasteiger partial charge in [-0.05, 0) is 71.5 Å². The topological polar surface area (TPSA) is 88.7 Å². The van der Waals surface area contributed by atoms with Crippen molar-refractivity contribution in [1.82, 2.24) is 10.6 Å². The molecule has 29 heavy (non-hydrogen) atoms. The lowest BCUT2D eigenvalue weighted by Gasteiger charge is -2.12. The number of halogens is 1. The molecule has 2 aromatic rings. The van der Waals surface area contributed by atoms with Crippen LogP contribution < -0.4 is 20.7 Å². The number of carbonyl (C=O) groups excluding carboxylic acids is 2. The molecule has 0 aliphatic carbocycles. The molecular weight excluding hydrogens is 458 g/mol. The summed E-state index contributed by atoms with van der Waals surface area (Å²) < 4.78 is 11.0. The van der Waals surface area contributed by atoms with E-state index in [4.69, 9.17) is 21.7 Å². The molecule has 0 radical (unpaired) electrons. The average molecular weight is 480 g/mol. The van der Waals surface area contributed by atoms with Crippen LogP contribution in [0.25, 0.3) is 0 Å². The minimum Gasteiger partial charge on any atom is -0.493 e. The minimum absolute atomic E-state index is 0.122. The molecule has 0 aromatic heterocycles. The zero-order chi connectivity index (χ0) is 21.2. The highest BCUT2D eigenvalue weighted by Gasteiger charge is 2.12. The van der Waals surface area contributed by atoms with E-state index in [1.807, 2.05) is 6.92 Å². The minimum atomic E-state index is -0.361. The molecule has 9 heteroatoms. The van der Waals surface area contributed by atoms with Gasteiger partial charge < -0.3 is 20.1 Å². The first-order valence-electron chi connectivity index (χ1n) is 8.86. The number of thiocarbonyl (C=S) groups is 1. The van der Waals surface area contributed by atoms with Crippen LogP contribution in [0.1, 0.15) is 27.6 Å². The lowest BCUT2D eigenvalue weighted by atomic mass is 10.2. The fourth-order valence-corrected chi connectivity index (χ4v) is 3.06. The number of ether oxygens (including phenoxy) is 2. The van der Waals surface area contributed by atoms with Gasteiger partial charge in [-0.25, -0.2) is 0 Å². The van der Waals surface area contributed by atoms with Crippen molar-refractivity contribution in [3.05, 3.63) is 58.1 Å². The van der Waals surface area contributed by atoms with E-state index in [2.05, 4.69) is 31.9 Å². The summed E-state index contributed by atoms with van der Waals surface area (Å²) in [5.74, 6) is 0.0740. The van der Waals surface area contributed by atoms with Crippen molar-refractivity contribution in [3.63, 3.8) is 0 Å². The fraction of sp³-hybridized carbons (Fsp3) is 0.250. The fourth-order valence-electron chi connectivity index (χ4n) is 2.36. The molecule has 0 atom stereocenters. The van der Waals surface area contributed by atoms with Crippen LogP contribution in [-0.4, -0.2) is 43.8 Å². The van der Waals surface area contributed by atoms with Crippen LogP contribution in [0.5, 0.6) is 5.75 Å². The van der Waals surface area contributed by atoms with Crippen LogP contribution in [0, 0.1) is 0 Å². The first kappa shape index (κ1) is 22.8. The predicted octanol–water partition coefficient (Wildman–Crippen LogP) is 3.35. The zero-order valence-corrected chi connectivity index (χ0v) is 18.5. The third kappa shape index (κ3) is 7.12. The normalized spacial score (nSPS) is 10.2. The molecule has 0 heterocycles.